The molecule has 0 spiro atoms. The normalized spacial score (nSPS) is 11.9. The molecule has 2 rings (SSSR count). The highest BCUT2D eigenvalue weighted by Crippen LogP contribution is 2.18. The second-order valence-electron chi connectivity index (χ2n) is 4.66. The van der Waals surface area contributed by atoms with E-state index in [2.05, 4.69) is 4.98 Å². The lowest BCUT2D eigenvalue weighted by molar-refractivity contribution is 0.567. The number of nitrogens with zero attached hydrogens (tertiary/aromatic N) is 2. The smallest absolute Gasteiger partial charge is 0.258 e. The minimum atomic E-state index is -0.0935. The zero-order valence-electron chi connectivity index (χ0n) is 9.19. The molecule has 0 N–H and O–H groups in total. The molecule has 0 aliphatic rings. The van der Waals surface area contributed by atoms with E-state index >= 15 is 0 Å². The molecular weight excluding hydrogens is 188 g/mol. The molecule has 0 saturated heterocycles. The molecule has 0 aliphatic heterocycles. The maximum atomic E-state index is 11.8. The van der Waals surface area contributed by atoms with Crippen LogP contribution in [-0.4, -0.2) is 9.38 Å². The van der Waals surface area contributed by atoms with Gasteiger partial charge in [0, 0.05) is 17.7 Å². The Bertz CT molecular complexity index is 549. The van der Waals surface area contributed by atoms with Crippen LogP contribution in [0.4, 0.5) is 0 Å². The van der Waals surface area contributed by atoms with Gasteiger partial charge in [-0.05, 0) is 12.1 Å². The van der Waals surface area contributed by atoms with Crippen molar-refractivity contribution in [3.8, 4) is 0 Å². The monoisotopic (exact) mass is 202 g/mol. The van der Waals surface area contributed by atoms with Crippen molar-refractivity contribution in [3.05, 3.63) is 46.5 Å². The summed E-state index contributed by atoms with van der Waals surface area (Å²) in [4.78, 5) is 16.2. The SMILES string of the molecule is CC(C)(C)c1cc(=O)n2ccccc2n1. The molecule has 0 unspecified atom stereocenters. The van der Waals surface area contributed by atoms with Crippen LogP contribution in [0.5, 0.6) is 0 Å². The highest BCUT2D eigenvalue weighted by atomic mass is 16.1. The molecule has 3 nitrogen and oxygen atoms in total. The summed E-state index contributed by atoms with van der Waals surface area (Å²) in [6.45, 7) is 6.15. The molecule has 15 heavy (non-hydrogen) atoms. The predicted octanol–water partition coefficient (Wildman–Crippen LogP) is 1.99. The van der Waals surface area contributed by atoms with Crippen LogP contribution in [0, 0.1) is 0 Å². The molecule has 0 bridgehead atoms. The zero-order chi connectivity index (χ0) is 11.1. The lowest BCUT2D eigenvalue weighted by Gasteiger charge is -2.17. The summed E-state index contributed by atoms with van der Waals surface area (Å²) in [5, 5.41) is 0. The van der Waals surface area contributed by atoms with Crippen LogP contribution >= 0.6 is 0 Å². The first-order chi connectivity index (χ1) is 6.98. The van der Waals surface area contributed by atoms with Crippen LogP contribution in [0.15, 0.2) is 35.3 Å². The predicted molar refractivity (Wildman–Crippen MR) is 60.2 cm³/mol. The Morgan fingerprint density at radius 2 is 2.00 bits per heavy atom. The molecule has 0 radical (unpaired) electrons. The van der Waals surface area contributed by atoms with Crippen molar-refractivity contribution in [1.82, 2.24) is 9.38 Å². The maximum absolute atomic E-state index is 11.8. The minimum absolute atomic E-state index is 0.0227. The van der Waals surface area contributed by atoms with Gasteiger partial charge in [0.25, 0.3) is 5.56 Å². The van der Waals surface area contributed by atoms with Gasteiger partial charge in [0.05, 0.1) is 5.69 Å². The molecule has 0 amide bonds. The Kier molecular flexibility index (Phi) is 2.11. The van der Waals surface area contributed by atoms with E-state index in [1.807, 2.05) is 39.0 Å². The van der Waals surface area contributed by atoms with Crippen molar-refractivity contribution >= 4 is 5.65 Å². The molecule has 0 aromatic carbocycles. The molecule has 78 valence electrons. The lowest BCUT2D eigenvalue weighted by atomic mass is 9.92. The second kappa shape index (κ2) is 3.19. The highest BCUT2D eigenvalue weighted by Gasteiger charge is 2.16. The Hall–Kier alpha value is -1.64. The maximum Gasteiger partial charge on any atom is 0.258 e. The van der Waals surface area contributed by atoms with E-state index in [1.165, 1.54) is 0 Å². The van der Waals surface area contributed by atoms with Crippen molar-refractivity contribution in [2.45, 2.75) is 26.2 Å². The van der Waals surface area contributed by atoms with E-state index in [0.717, 1.165) is 5.69 Å². The van der Waals surface area contributed by atoms with Crippen LogP contribution in [0.25, 0.3) is 5.65 Å². The van der Waals surface area contributed by atoms with Crippen molar-refractivity contribution < 1.29 is 0 Å². The van der Waals surface area contributed by atoms with Crippen molar-refractivity contribution in [1.29, 1.82) is 0 Å². The number of pyridine rings is 1. The lowest BCUT2D eigenvalue weighted by Crippen LogP contribution is -2.21. The molecular formula is C12H14N2O. The third-order valence-electron chi connectivity index (χ3n) is 2.34. The number of fused-ring (bicyclic) bond motifs is 1. The molecule has 0 fully saturated rings. The van der Waals surface area contributed by atoms with Crippen LogP contribution in [-0.2, 0) is 5.41 Å². The van der Waals surface area contributed by atoms with Crippen LogP contribution in [0.1, 0.15) is 26.5 Å². The topological polar surface area (TPSA) is 34.4 Å². The van der Waals surface area contributed by atoms with Gasteiger partial charge in [0.1, 0.15) is 5.65 Å². The van der Waals surface area contributed by atoms with Crippen LogP contribution in [0.2, 0.25) is 0 Å². The summed E-state index contributed by atoms with van der Waals surface area (Å²) in [6, 6.07) is 7.16. The third kappa shape index (κ3) is 1.77. The van der Waals surface area contributed by atoms with Crippen molar-refractivity contribution in [2.75, 3.05) is 0 Å². The fourth-order valence-corrected chi connectivity index (χ4v) is 1.44. The summed E-state index contributed by atoms with van der Waals surface area (Å²) >= 11 is 0. The zero-order valence-corrected chi connectivity index (χ0v) is 9.19. The summed E-state index contributed by atoms with van der Waals surface area (Å²) in [7, 11) is 0. The summed E-state index contributed by atoms with van der Waals surface area (Å²) in [5.41, 5.74) is 1.42. The Labute approximate surface area is 88.4 Å². The quantitative estimate of drug-likeness (QED) is 0.654. The Morgan fingerprint density at radius 1 is 1.27 bits per heavy atom. The largest absolute Gasteiger partial charge is 0.269 e. The minimum Gasteiger partial charge on any atom is -0.269 e. The van der Waals surface area contributed by atoms with Gasteiger partial charge in [-0.25, -0.2) is 4.98 Å². The van der Waals surface area contributed by atoms with E-state index < -0.39 is 0 Å². The molecule has 2 aromatic rings. The van der Waals surface area contributed by atoms with Gasteiger partial charge in [0.15, 0.2) is 0 Å². The van der Waals surface area contributed by atoms with Gasteiger partial charge in [-0.2, -0.15) is 0 Å². The summed E-state index contributed by atoms with van der Waals surface area (Å²) in [5.74, 6) is 0. The first-order valence-electron chi connectivity index (χ1n) is 4.97. The van der Waals surface area contributed by atoms with Gasteiger partial charge in [-0.3, -0.25) is 9.20 Å². The molecule has 3 heteroatoms. The third-order valence-corrected chi connectivity index (χ3v) is 2.34. The average Bonchev–Trinajstić information content (AvgIpc) is 2.16. The van der Waals surface area contributed by atoms with E-state index in [1.54, 1.807) is 16.7 Å². The summed E-state index contributed by atoms with van der Waals surface area (Å²) < 4.78 is 1.55. The average molecular weight is 202 g/mol. The molecule has 0 saturated carbocycles. The van der Waals surface area contributed by atoms with Crippen LogP contribution in [0.3, 0.4) is 0 Å². The first kappa shape index (κ1) is 9.90. The van der Waals surface area contributed by atoms with Gasteiger partial charge in [-0.1, -0.05) is 26.8 Å². The van der Waals surface area contributed by atoms with Gasteiger partial charge >= 0.3 is 0 Å². The summed E-state index contributed by atoms with van der Waals surface area (Å²) in [6.07, 6.45) is 1.73. The first-order valence-corrected chi connectivity index (χ1v) is 4.97. The second-order valence-corrected chi connectivity index (χ2v) is 4.66. The van der Waals surface area contributed by atoms with Crippen LogP contribution < -0.4 is 5.56 Å². The fourth-order valence-electron chi connectivity index (χ4n) is 1.44. The standard InChI is InChI=1S/C12H14N2O/c1-12(2,3)9-8-11(15)14-7-5-4-6-10(14)13-9/h4-8H,1-3H3. The van der Waals surface area contributed by atoms with Gasteiger partial charge in [0.2, 0.25) is 0 Å². The van der Waals surface area contributed by atoms with E-state index in [4.69, 9.17) is 0 Å². The Balaban J connectivity index is 2.79. The van der Waals surface area contributed by atoms with E-state index in [9.17, 15) is 4.79 Å². The van der Waals surface area contributed by atoms with E-state index in [0.29, 0.717) is 5.65 Å². The van der Waals surface area contributed by atoms with Gasteiger partial charge in [-0.15, -0.1) is 0 Å². The van der Waals surface area contributed by atoms with Crippen molar-refractivity contribution in [2.24, 2.45) is 0 Å². The van der Waals surface area contributed by atoms with Gasteiger partial charge < -0.3 is 0 Å². The molecule has 0 aliphatic carbocycles. The molecule has 0 atom stereocenters. The molecule has 2 aromatic heterocycles. The highest BCUT2D eigenvalue weighted by molar-refractivity contribution is 5.39. The number of rotatable bonds is 0. The Morgan fingerprint density at radius 3 is 2.67 bits per heavy atom. The fraction of sp³-hybridized carbons (Fsp3) is 0.333. The van der Waals surface area contributed by atoms with E-state index in [-0.39, 0.29) is 11.0 Å². The number of hydrogen-bond acceptors (Lipinski definition) is 2. The van der Waals surface area contributed by atoms with Crippen molar-refractivity contribution in [3.63, 3.8) is 0 Å². The molecule has 2 heterocycles. The number of aromatic nitrogens is 2. The number of hydrogen-bond donors (Lipinski definition) is 0.